The van der Waals surface area contributed by atoms with Gasteiger partial charge in [0.2, 0.25) is 3.79 Å². The lowest BCUT2D eigenvalue weighted by Gasteiger charge is -1.93. The second-order valence-corrected chi connectivity index (χ2v) is 6.89. The van der Waals surface area contributed by atoms with Crippen LogP contribution in [0.15, 0.2) is 0 Å². The lowest BCUT2D eigenvalue weighted by Crippen LogP contribution is -2.00. The molecule has 0 bridgehead atoms. The Morgan fingerprint density at radius 1 is 0.818 bits per heavy atom. The van der Waals surface area contributed by atoms with Gasteiger partial charge < -0.3 is 0 Å². The van der Waals surface area contributed by atoms with Crippen LogP contribution in [0.3, 0.4) is 0 Å². The Labute approximate surface area is 98.8 Å². The average Bonchev–Trinajstić information content (AvgIpc) is 1.59. The van der Waals surface area contributed by atoms with Gasteiger partial charge in [0.25, 0.3) is 3.25 Å². The van der Waals surface area contributed by atoms with Crippen LogP contribution in [0.4, 0.5) is 0 Å². The molecule has 0 atom stereocenters. The van der Waals surface area contributed by atoms with Crippen LogP contribution >= 0.6 is 81.2 Å². The molecule has 0 amide bonds. The summed E-state index contributed by atoms with van der Waals surface area (Å²) in [4.78, 5) is 9.43. The summed E-state index contributed by atoms with van der Waals surface area (Å²) in [7, 11) is 0. The number of hydrogen-bond donors (Lipinski definition) is 0. The standard InChI is InChI=1S/C2HCl3O.CCl4/c3-2(4,5)1-6;2-1(3,4)5/h1H;. The van der Waals surface area contributed by atoms with Crippen molar-refractivity contribution in [2.24, 2.45) is 0 Å². The molecule has 0 N–H and O–H groups in total. The molecule has 0 fully saturated rings. The number of carbonyl (C=O) groups is 1. The first-order chi connectivity index (χ1) is 4.56. The number of rotatable bonds is 0. The number of halogens is 7. The lowest BCUT2D eigenvalue weighted by molar-refractivity contribution is -0.107. The summed E-state index contributed by atoms with van der Waals surface area (Å²) in [6, 6.07) is 0. The smallest absolute Gasteiger partial charge is 0.266 e. The van der Waals surface area contributed by atoms with Crippen molar-refractivity contribution in [2.45, 2.75) is 7.04 Å². The van der Waals surface area contributed by atoms with E-state index in [2.05, 4.69) is 0 Å². The first-order valence-electron chi connectivity index (χ1n) is 1.85. The maximum atomic E-state index is 9.43. The highest BCUT2D eigenvalue weighted by Crippen LogP contribution is 2.29. The fourth-order valence-electron chi connectivity index (χ4n) is 0. The third kappa shape index (κ3) is 49.8. The van der Waals surface area contributed by atoms with Gasteiger partial charge in [-0.25, -0.2) is 0 Å². The van der Waals surface area contributed by atoms with Gasteiger partial charge in [-0.05, 0) is 0 Å². The maximum Gasteiger partial charge on any atom is 0.266 e. The van der Waals surface area contributed by atoms with Gasteiger partial charge in [-0.2, -0.15) is 0 Å². The van der Waals surface area contributed by atoms with E-state index in [4.69, 9.17) is 81.2 Å². The molecule has 0 heterocycles. The zero-order chi connectivity index (χ0) is 9.71. The Bertz CT molecular complexity index is 104. The molecule has 8 heteroatoms. The van der Waals surface area contributed by atoms with Crippen molar-refractivity contribution in [3.63, 3.8) is 0 Å². The molecule has 0 spiro atoms. The maximum absolute atomic E-state index is 9.43. The molecule has 0 saturated heterocycles. The molecule has 0 saturated carbocycles. The van der Waals surface area contributed by atoms with Crippen LogP contribution in [0.1, 0.15) is 0 Å². The highest BCUT2D eigenvalue weighted by molar-refractivity contribution is 6.83. The monoisotopic (exact) mass is 298 g/mol. The van der Waals surface area contributed by atoms with Gasteiger partial charge in [-0.1, -0.05) is 81.2 Å². The van der Waals surface area contributed by atoms with Gasteiger partial charge in [0, 0.05) is 0 Å². The quantitative estimate of drug-likeness (QED) is 0.486. The van der Waals surface area contributed by atoms with Gasteiger partial charge in [0.15, 0.2) is 6.29 Å². The Morgan fingerprint density at radius 3 is 0.909 bits per heavy atom. The summed E-state index contributed by atoms with van der Waals surface area (Å²) in [5.41, 5.74) is 0. The minimum atomic E-state index is -1.72. The van der Waals surface area contributed by atoms with Crippen molar-refractivity contribution in [3.05, 3.63) is 0 Å². The molecule has 1 nitrogen and oxygen atoms in total. The summed E-state index contributed by atoms with van der Waals surface area (Å²) in [6.45, 7) is 0. The predicted octanol–water partition coefficient (Wildman–Crippen LogP) is 4.11. The van der Waals surface area contributed by atoms with E-state index >= 15 is 0 Å². The third-order valence-electron chi connectivity index (χ3n) is 0.134. The van der Waals surface area contributed by atoms with E-state index in [1.807, 2.05) is 0 Å². The molecule has 0 radical (unpaired) electrons. The zero-order valence-electron chi connectivity index (χ0n) is 4.63. The molecule has 0 aromatic carbocycles. The van der Waals surface area contributed by atoms with Crippen molar-refractivity contribution in [2.75, 3.05) is 0 Å². The van der Waals surface area contributed by atoms with E-state index < -0.39 is 7.04 Å². The highest BCUT2D eigenvalue weighted by atomic mass is 35.6. The molecular formula is C3HCl7O. The Hall–Kier alpha value is 1.70. The van der Waals surface area contributed by atoms with Crippen LogP contribution < -0.4 is 0 Å². The SMILES string of the molecule is ClC(Cl)(Cl)Cl.O=CC(Cl)(Cl)Cl. The van der Waals surface area contributed by atoms with E-state index in [-0.39, 0.29) is 6.29 Å². The molecule has 68 valence electrons. The fraction of sp³-hybridized carbons (Fsp3) is 0.667. The molecule has 0 rings (SSSR count). The zero-order valence-corrected chi connectivity index (χ0v) is 9.92. The molecule has 0 aliphatic heterocycles. The molecule has 0 aliphatic carbocycles. The minimum absolute atomic E-state index is 0.234. The lowest BCUT2D eigenvalue weighted by atomic mass is 10.9. The summed E-state index contributed by atoms with van der Waals surface area (Å²) in [5.74, 6) is 0. The fourth-order valence-corrected chi connectivity index (χ4v) is 0. The summed E-state index contributed by atoms with van der Waals surface area (Å²) in [5, 5.41) is 0. The summed E-state index contributed by atoms with van der Waals surface area (Å²) in [6.07, 6.45) is 0.234. The molecule has 0 aromatic rings. The summed E-state index contributed by atoms with van der Waals surface area (Å²) < 4.78 is -3.33. The largest absolute Gasteiger partial charge is 0.299 e. The van der Waals surface area contributed by atoms with Crippen molar-refractivity contribution in [3.8, 4) is 0 Å². The van der Waals surface area contributed by atoms with Gasteiger partial charge in [0.05, 0.1) is 0 Å². The Morgan fingerprint density at radius 2 is 0.909 bits per heavy atom. The Kier molecular flexibility index (Phi) is 8.56. The van der Waals surface area contributed by atoms with Crippen molar-refractivity contribution < 1.29 is 4.79 Å². The number of alkyl halides is 7. The van der Waals surface area contributed by atoms with Crippen LogP contribution in [-0.2, 0) is 4.79 Å². The minimum Gasteiger partial charge on any atom is -0.299 e. The van der Waals surface area contributed by atoms with E-state index in [0.717, 1.165) is 0 Å². The molecule has 0 unspecified atom stereocenters. The number of aldehydes is 1. The van der Waals surface area contributed by atoms with Crippen LogP contribution in [0.2, 0.25) is 0 Å². The van der Waals surface area contributed by atoms with E-state index in [9.17, 15) is 4.79 Å². The van der Waals surface area contributed by atoms with Gasteiger partial charge in [0.1, 0.15) is 0 Å². The first kappa shape index (κ1) is 15.2. The van der Waals surface area contributed by atoms with Crippen LogP contribution in [0.5, 0.6) is 0 Å². The number of hydrogen-bond acceptors (Lipinski definition) is 1. The highest BCUT2D eigenvalue weighted by Gasteiger charge is 2.16. The molecular weight excluding hydrogens is 300 g/mol. The van der Waals surface area contributed by atoms with Crippen molar-refractivity contribution in [1.82, 2.24) is 0 Å². The topological polar surface area (TPSA) is 17.1 Å². The Balaban J connectivity index is 0. The van der Waals surface area contributed by atoms with Gasteiger partial charge in [-0.15, -0.1) is 0 Å². The van der Waals surface area contributed by atoms with E-state index in [1.165, 1.54) is 0 Å². The van der Waals surface area contributed by atoms with Crippen LogP contribution in [-0.4, -0.2) is 13.3 Å². The molecule has 11 heavy (non-hydrogen) atoms. The third-order valence-corrected chi connectivity index (χ3v) is 0.401. The molecule has 0 aromatic heterocycles. The molecule has 0 aliphatic rings. The van der Waals surface area contributed by atoms with E-state index in [1.54, 1.807) is 0 Å². The average molecular weight is 301 g/mol. The van der Waals surface area contributed by atoms with E-state index in [0.29, 0.717) is 0 Å². The summed E-state index contributed by atoms with van der Waals surface area (Å²) >= 11 is 33.9. The second-order valence-electron chi connectivity index (χ2n) is 1.09. The van der Waals surface area contributed by atoms with Crippen LogP contribution in [0, 0.1) is 0 Å². The second kappa shape index (κ2) is 6.20. The number of carbonyl (C=O) groups excluding carboxylic acids is 1. The van der Waals surface area contributed by atoms with Gasteiger partial charge >= 0.3 is 0 Å². The van der Waals surface area contributed by atoms with Gasteiger partial charge in [-0.3, -0.25) is 4.79 Å². The predicted molar refractivity (Wildman–Crippen MR) is 52.5 cm³/mol. The van der Waals surface area contributed by atoms with Crippen molar-refractivity contribution >= 4 is 87.5 Å². The normalized spacial score (nSPS) is 11.5. The van der Waals surface area contributed by atoms with Crippen LogP contribution in [0.25, 0.3) is 0 Å². The van der Waals surface area contributed by atoms with Crippen molar-refractivity contribution in [1.29, 1.82) is 0 Å². The first-order valence-corrected chi connectivity index (χ1v) is 4.49.